The van der Waals surface area contributed by atoms with Crippen LogP contribution in [0.4, 0.5) is 0 Å². The Kier molecular flexibility index (Phi) is 1.41. The smallest absolute Gasteiger partial charge is 0.102 e. The third kappa shape index (κ3) is 0.939. The van der Waals surface area contributed by atoms with E-state index < -0.39 is 0 Å². The van der Waals surface area contributed by atoms with Gasteiger partial charge in [-0.2, -0.15) is 15.3 Å². The summed E-state index contributed by atoms with van der Waals surface area (Å²) in [5, 5.41) is 18.7. The molecule has 1 aromatic carbocycles. The highest BCUT2D eigenvalue weighted by Crippen LogP contribution is 2.20. The maximum atomic E-state index is 4.09. The summed E-state index contributed by atoms with van der Waals surface area (Å²) in [7, 11) is 0. The molecule has 4 nitrogen and oxygen atoms in total. The van der Waals surface area contributed by atoms with E-state index in [0.717, 1.165) is 21.7 Å². The zero-order valence-corrected chi connectivity index (χ0v) is 7.25. The van der Waals surface area contributed by atoms with E-state index in [0.29, 0.717) is 0 Å². The van der Waals surface area contributed by atoms with Crippen molar-refractivity contribution in [2.75, 3.05) is 0 Å². The van der Waals surface area contributed by atoms with Crippen molar-refractivity contribution in [2.24, 2.45) is 0 Å². The summed E-state index contributed by atoms with van der Waals surface area (Å²) in [4.78, 5) is 0. The second-order valence-corrected chi connectivity index (χ2v) is 3.03. The molecule has 0 radical (unpaired) electrons. The Balaban J connectivity index is 2.61. The van der Waals surface area contributed by atoms with Crippen molar-refractivity contribution in [1.29, 1.82) is 0 Å². The molecule has 0 unspecified atom stereocenters. The molecule has 14 heavy (non-hydrogen) atoms. The molecule has 0 amide bonds. The molecule has 0 fully saturated rings. The van der Waals surface area contributed by atoms with Gasteiger partial charge in [-0.05, 0) is 6.07 Å². The minimum Gasteiger partial charge on any atom is -0.158 e. The van der Waals surface area contributed by atoms with Gasteiger partial charge in [-0.15, -0.1) is 5.10 Å². The number of aromatic nitrogens is 4. The highest BCUT2D eigenvalue weighted by molar-refractivity contribution is 6.03. The molecular formula is C10H6N4. The zero-order valence-electron chi connectivity index (χ0n) is 7.25. The molecule has 0 bridgehead atoms. The van der Waals surface area contributed by atoms with Gasteiger partial charge < -0.3 is 0 Å². The molecule has 0 aliphatic rings. The van der Waals surface area contributed by atoms with Crippen LogP contribution in [0.3, 0.4) is 0 Å². The Morgan fingerprint density at radius 1 is 0.786 bits per heavy atom. The Morgan fingerprint density at radius 2 is 1.64 bits per heavy atom. The van der Waals surface area contributed by atoms with Crippen molar-refractivity contribution >= 4 is 21.7 Å². The van der Waals surface area contributed by atoms with Crippen LogP contribution in [0.1, 0.15) is 0 Å². The molecule has 3 aromatic rings. The van der Waals surface area contributed by atoms with E-state index in [1.807, 2.05) is 18.2 Å². The first-order valence-electron chi connectivity index (χ1n) is 4.26. The first-order valence-corrected chi connectivity index (χ1v) is 4.26. The molecule has 0 saturated heterocycles. The van der Waals surface area contributed by atoms with Crippen LogP contribution < -0.4 is 0 Å². The van der Waals surface area contributed by atoms with E-state index in [2.05, 4.69) is 20.4 Å². The lowest BCUT2D eigenvalue weighted by Gasteiger charge is -1.99. The van der Waals surface area contributed by atoms with Crippen molar-refractivity contribution in [3.63, 3.8) is 0 Å². The zero-order chi connectivity index (χ0) is 9.38. The van der Waals surface area contributed by atoms with Gasteiger partial charge in [-0.3, -0.25) is 0 Å². The third-order valence-electron chi connectivity index (χ3n) is 2.21. The number of rotatable bonds is 0. The lowest BCUT2D eigenvalue weighted by Crippen LogP contribution is -1.86. The molecule has 0 aliphatic heterocycles. The van der Waals surface area contributed by atoms with Gasteiger partial charge in [0.1, 0.15) is 5.52 Å². The summed E-state index contributed by atoms with van der Waals surface area (Å²) < 4.78 is 0. The van der Waals surface area contributed by atoms with E-state index in [1.54, 1.807) is 18.6 Å². The normalized spacial score (nSPS) is 10.9. The van der Waals surface area contributed by atoms with Gasteiger partial charge in [0.2, 0.25) is 0 Å². The van der Waals surface area contributed by atoms with Gasteiger partial charge in [0, 0.05) is 16.2 Å². The fourth-order valence-corrected chi connectivity index (χ4v) is 1.53. The van der Waals surface area contributed by atoms with E-state index in [9.17, 15) is 0 Å². The van der Waals surface area contributed by atoms with Crippen LogP contribution in [0.25, 0.3) is 21.7 Å². The van der Waals surface area contributed by atoms with Gasteiger partial charge in [0.05, 0.1) is 18.6 Å². The fourth-order valence-electron chi connectivity index (χ4n) is 1.53. The fraction of sp³-hybridized carbons (Fsp3) is 0. The topological polar surface area (TPSA) is 51.6 Å². The Hall–Kier alpha value is -2.10. The largest absolute Gasteiger partial charge is 0.158 e. The van der Waals surface area contributed by atoms with Crippen molar-refractivity contribution < 1.29 is 0 Å². The van der Waals surface area contributed by atoms with Crippen LogP contribution in [-0.4, -0.2) is 20.4 Å². The predicted molar refractivity (Wildman–Crippen MR) is 52.6 cm³/mol. The second-order valence-electron chi connectivity index (χ2n) is 3.03. The van der Waals surface area contributed by atoms with Crippen molar-refractivity contribution in [2.45, 2.75) is 0 Å². The minimum absolute atomic E-state index is 0.875. The molecule has 2 heterocycles. The highest BCUT2D eigenvalue weighted by Gasteiger charge is 2.00. The van der Waals surface area contributed by atoms with Gasteiger partial charge >= 0.3 is 0 Å². The van der Waals surface area contributed by atoms with E-state index >= 15 is 0 Å². The first-order chi connectivity index (χ1) is 6.95. The predicted octanol–water partition coefficient (Wildman–Crippen LogP) is 1.57. The summed E-state index contributed by atoms with van der Waals surface area (Å²) >= 11 is 0. The van der Waals surface area contributed by atoms with Crippen LogP contribution >= 0.6 is 0 Å². The van der Waals surface area contributed by atoms with Gasteiger partial charge in [-0.25, -0.2) is 0 Å². The number of nitrogens with zero attached hydrogens (tertiary/aromatic N) is 4. The second kappa shape index (κ2) is 2.70. The molecule has 0 aliphatic carbocycles. The molecule has 2 aromatic heterocycles. The van der Waals surface area contributed by atoms with Crippen LogP contribution in [0.5, 0.6) is 0 Å². The Labute approximate surface area is 79.6 Å². The molecule has 66 valence electrons. The van der Waals surface area contributed by atoms with Crippen molar-refractivity contribution in [3.8, 4) is 0 Å². The van der Waals surface area contributed by atoms with Gasteiger partial charge in [0.15, 0.2) is 0 Å². The van der Waals surface area contributed by atoms with Crippen molar-refractivity contribution in [1.82, 2.24) is 20.4 Å². The van der Waals surface area contributed by atoms with E-state index in [4.69, 9.17) is 0 Å². The Morgan fingerprint density at radius 3 is 2.64 bits per heavy atom. The SMILES string of the molecule is c1cc2ccc3cnncc3c2nn1. The summed E-state index contributed by atoms with van der Waals surface area (Å²) in [6.07, 6.45) is 5.12. The van der Waals surface area contributed by atoms with Crippen LogP contribution in [0.15, 0.2) is 36.8 Å². The number of benzene rings is 1. The average molecular weight is 182 g/mol. The Bertz CT molecular complexity index is 551. The summed E-state index contributed by atoms with van der Waals surface area (Å²) in [6, 6.07) is 5.95. The molecule has 3 rings (SSSR count). The molecule has 0 spiro atoms. The molecular weight excluding hydrogens is 176 g/mol. The minimum atomic E-state index is 0.875. The van der Waals surface area contributed by atoms with Crippen LogP contribution in [0.2, 0.25) is 0 Å². The quantitative estimate of drug-likeness (QED) is 0.495. The molecule has 4 heteroatoms. The maximum absolute atomic E-state index is 4.09. The summed E-state index contributed by atoms with van der Waals surface area (Å²) in [5.41, 5.74) is 0.875. The molecule has 0 atom stereocenters. The lowest BCUT2D eigenvalue weighted by molar-refractivity contribution is 1.05. The molecule has 0 N–H and O–H groups in total. The average Bonchev–Trinajstić information content (AvgIpc) is 2.29. The van der Waals surface area contributed by atoms with Crippen LogP contribution in [0, 0.1) is 0 Å². The lowest BCUT2D eigenvalue weighted by atomic mass is 10.1. The number of hydrogen-bond acceptors (Lipinski definition) is 4. The first kappa shape index (κ1) is 7.32. The summed E-state index contributed by atoms with van der Waals surface area (Å²) in [5.74, 6) is 0. The van der Waals surface area contributed by atoms with Crippen LogP contribution in [-0.2, 0) is 0 Å². The number of fused-ring (bicyclic) bond motifs is 3. The maximum Gasteiger partial charge on any atom is 0.102 e. The van der Waals surface area contributed by atoms with E-state index in [1.165, 1.54) is 0 Å². The monoisotopic (exact) mass is 182 g/mol. The molecule has 0 saturated carbocycles. The number of hydrogen-bond donors (Lipinski definition) is 0. The van der Waals surface area contributed by atoms with Crippen molar-refractivity contribution in [3.05, 3.63) is 36.8 Å². The van der Waals surface area contributed by atoms with Gasteiger partial charge in [0.25, 0.3) is 0 Å². The van der Waals surface area contributed by atoms with Gasteiger partial charge in [-0.1, -0.05) is 12.1 Å². The summed E-state index contributed by atoms with van der Waals surface area (Å²) in [6.45, 7) is 0. The highest BCUT2D eigenvalue weighted by atomic mass is 15.1. The third-order valence-corrected chi connectivity index (χ3v) is 2.21. The standard InChI is InChI=1S/C10H6N4/c1-2-8-5-12-13-6-9(8)10-7(1)3-4-11-14-10/h1-6H. The van der Waals surface area contributed by atoms with E-state index in [-0.39, 0.29) is 0 Å².